The van der Waals surface area contributed by atoms with Crippen LogP contribution < -0.4 is 5.32 Å². The first-order valence-corrected chi connectivity index (χ1v) is 7.63. The second-order valence-corrected chi connectivity index (χ2v) is 5.78. The van der Waals surface area contributed by atoms with E-state index < -0.39 is 0 Å². The Kier molecular flexibility index (Phi) is 5.42. The van der Waals surface area contributed by atoms with Crippen LogP contribution >= 0.6 is 0 Å². The van der Waals surface area contributed by atoms with Gasteiger partial charge in [0.2, 0.25) is 0 Å². The Morgan fingerprint density at radius 1 is 1.10 bits per heavy atom. The zero-order chi connectivity index (χ0) is 14.4. The van der Waals surface area contributed by atoms with E-state index in [1.54, 1.807) is 0 Å². The molecular weight excluding hydrogens is 244 g/mol. The van der Waals surface area contributed by atoms with Crippen LogP contribution in [0.3, 0.4) is 0 Å². The molecule has 0 saturated heterocycles. The molecule has 1 N–H and O–H groups in total. The summed E-state index contributed by atoms with van der Waals surface area (Å²) in [5.41, 5.74) is 2.74. The lowest BCUT2D eigenvalue weighted by atomic mass is 9.98. The number of nitrogens with zero attached hydrogens (tertiary/aromatic N) is 1. The van der Waals surface area contributed by atoms with Gasteiger partial charge in [0, 0.05) is 25.0 Å². The van der Waals surface area contributed by atoms with E-state index in [2.05, 4.69) is 79.4 Å². The van der Waals surface area contributed by atoms with Gasteiger partial charge in [-0.15, -0.1) is 0 Å². The zero-order valence-electron chi connectivity index (χ0n) is 12.8. The van der Waals surface area contributed by atoms with Crippen LogP contribution in [0.2, 0.25) is 0 Å². The second kappa shape index (κ2) is 7.30. The third kappa shape index (κ3) is 3.97. The Bertz CT molecular complexity index is 499. The predicted octanol–water partition coefficient (Wildman–Crippen LogP) is 4.23. The molecule has 1 unspecified atom stereocenters. The van der Waals surface area contributed by atoms with Gasteiger partial charge in [-0.05, 0) is 36.1 Å². The molecule has 0 aliphatic rings. The average Bonchev–Trinajstić information content (AvgIpc) is 2.88. The maximum Gasteiger partial charge on any atom is 0.0470 e. The van der Waals surface area contributed by atoms with Crippen molar-refractivity contribution in [2.75, 3.05) is 6.54 Å². The van der Waals surface area contributed by atoms with Crippen molar-refractivity contribution in [1.82, 2.24) is 9.88 Å². The van der Waals surface area contributed by atoms with Crippen LogP contribution in [0.5, 0.6) is 0 Å². The van der Waals surface area contributed by atoms with Crippen LogP contribution in [0, 0.1) is 5.92 Å². The van der Waals surface area contributed by atoms with Crippen LogP contribution in [0.25, 0.3) is 0 Å². The Hall–Kier alpha value is -1.54. The van der Waals surface area contributed by atoms with E-state index in [1.807, 2.05) is 0 Å². The van der Waals surface area contributed by atoms with Gasteiger partial charge >= 0.3 is 0 Å². The standard InChI is InChI=1S/C18H26N2/c1-4-11-19-18(15(2)3)17-10-12-20(14-17)13-16-8-6-5-7-9-16/h5-10,12,14-15,18-19H,4,11,13H2,1-3H3. The highest BCUT2D eigenvalue weighted by molar-refractivity contribution is 5.20. The van der Waals surface area contributed by atoms with Crippen molar-refractivity contribution in [2.24, 2.45) is 5.92 Å². The Morgan fingerprint density at radius 3 is 2.50 bits per heavy atom. The fourth-order valence-corrected chi connectivity index (χ4v) is 2.57. The van der Waals surface area contributed by atoms with E-state index in [9.17, 15) is 0 Å². The molecule has 0 saturated carbocycles. The molecule has 2 nitrogen and oxygen atoms in total. The van der Waals surface area contributed by atoms with E-state index >= 15 is 0 Å². The van der Waals surface area contributed by atoms with Crippen molar-refractivity contribution in [3.05, 3.63) is 59.9 Å². The number of benzene rings is 1. The van der Waals surface area contributed by atoms with Gasteiger partial charge in [-0.3, -0.25) is 0 Å². The molecule has 0 aliphatic heterocycles. The summed E-state index contributed by atoms with van der Waals surface area (Å²) in [6.07, 6.45) is 5.64. The number of hydrogen-bond acceptors (Lipinski definition) is 1. The highest BCUT2D eigenvalue weighted by atomic mass is 15.0. The molecule has 0 amide bonds. The van der Waals surface area contributed by atoms with E-state index in [1.165, 1.54) is 17.5 Å². The maximum atomic E-state index is 3.65. The summed E-state index contributed by atoms with van der Waals surface area (Å²) < 4.78 is 2.27. The molecule has 0 spiro atoms. The molecule has 0 radical (unpaired) electrons. The summed E-state index contributed by atoms with van der Waals surface area (Å²) >= 11 is 0. The minimum Gasteiger partial charge on any atom is -0.350 e. The van der Waals surface area contributed by atoms with Crippen LogP contribution in [-0.2, 0) is 6.54 Å². The molecule has 108 valence electrons. The Labute approximate surface area is 122 Å². The van der Waals surface area contributed by atoms with E-state index in [0.29, 0.717) is 12.0 Å². The summed E-state index contributed by atoms with van der Waals surface area (Å²) in [6, 6.07) is 13.3. The fraction of sp³-hybridized carbons (Fsp3) is 0.444. The van der Waals surface area contributed by atoms with Crippen molar-refractivity contribution >= 4 is 0 Å². The topological polar surface area (TPSA) is 17.0 Å². The quantitative estimate of drug-likeness (QED) is 0.796. The first-order chi connectivity index (χ1) is 9.70. The lowest BCUT2D eigenvalue weighted by molar-refractivity contribution is 0.412. The van der Waals surface area contributed by atoms with Crippen LogP contribution in [-0.4, -0.2) is 11.1 Å². The molecule has 0 fully saturated rings. The fourth-order valence-electron chi connectivity index (χ4n) is 2.57. The van der Waals surface area contributed by atoms with E-state index in [4.69, 9.17) is 0 Å². The third-order valence-electron chi connectivity index (χ3n) is 3.62. The molecule has 1 aromatic heterocycles. The second-order valence-electron chi connectivity index (χ2n) is 5.78. The first-order valence-electron chi connectivity index (χ1n) is 7.63. The Balaban J connectivity index is 2.06. The van der Waals surface area contributed by atoms with Gasteiger partial charge < -0.3 is 9.88 Å². The molecule has 2 rings (SSSR count). The number of rotatable bonds is 7. The summed E-state index contributed by atoms with van der Waals surface area (Å²) in [6.45, 7) is 8.79. The minimum absolute atomic E-state index is 0.451. The normalized spacial score (nSPS) is 12.8. The maximum absolute atomic E-state index is 3.65. The van der Waals surface area contributed by atoms with Crippen molar-refractivity contribution in [2.45, 2.75) is 39.8 Å². The highest BCUT2D eigenvalue weighted by Gasteiger charge is 2.15. The third-order valence-corrected chi connectivity index (χ3v) is 3.62. The summed E-state index contributed by atoms with van der Waals surface area (Å²) in [7, 11) is 0. The molecule has 1 aromatic carbocycles. The molecule has 0 aliphatic carbocycles. The lowest BCUT2D eigenvalue weighted by Gasteiger charge is -2.21. The number of aromatic nitrogens is 1. The van der Waals surface area contributed by atoms with Crippen LogP contribution in [0.4, 0.5) is 0 Å². The lowest BCUT2D eigenvalue weighted by Crippen LogP contribution is -2.26. The van der Waals surface area contributed by atoms with E-state index in [-0.39, 0.29) is 0 Å². The molecule has 1 heterocycles. The number of hydrogen-bond donors (Lipinski definition) is 1. The summed E-state index contributed by atoms with van der Waals surface area (Å²) in [5, 5.41) is 3.65. The van der Waals surface area contributed by atoms with Gasteiger partial charge in [-0.2, -0.15) is 0 Å². The zero-order valence-corrected chi connectivity index (χ0v) is 12.8. The van der Waals surface area contributed by atoms with Gasteiger partial charge in [-0.25, -0.2) is 0 Å². The summed E-state index contributed by atoms with van der Waals surface area (Å²) in [4.78, 5) is 0. The first kappa shape index (κ1) is 14.9. The SMILES string of the molecule is CCCNC(c1ccn(Cc2ccccc2)c1)C(C)C. The van der Waals surface area contributed by atoms with Gasteiger partial charge in [0.25, 0.3) is 0 Å². The van der Waals surface area contributed by atoms with E-state index in [0.717, 1.165) is 13.1 Å². The molecule has 1 atom stereocenters. The smallest absolute Gasteiger partial charge is 0.0470 e. The number of nitrogens with one attached hydrogen (secondary N) is 1. The molecule has 20 heavy (non-hydrogen) atoms. The van der Waals surface area contributed by atoms with Crippen LogP contribution in [0.15, 0.2) is 48.8 Å². The largest absolute Gasteiger partial charge is 0.350 e. The predicted molar refractivity (Wildman–Crippen MR) is 85.8 cm³/mol. The van der Waals surface area contributed by atoms with Gasteiger partial charge in [0.15, 0.2) is 0 Å². The average molecular weight is 270 g/mol. The van der Waals surface area contributed by atoms with Crippen molar-refractivity contribution in [3.8, 4) is 0 Å². The van der Waals surface area contributed by atoms with Gasteiger partial charge in [0.1, 0.15) is 0 Å². The van der Waals surface area contributed by atoms with Gasteiger partial charge in [-0.1, -0.05) is 51.1 Å². The molecular formula is C18H26N2. The minimum atomic E-state index is 0.451. The van der Waals surface area contributed by atoms with Gasteiger partial charge in [0.05, 0.1) is 0 Å². The van der Waals surface area contributed by atoms with Crippen molar-refractivity contribution in [3.63, 3.8) is 0 Å². The molecule has 2 heteroatoms. The van der Waals surface area contributed by atoms with Crippen molar-refractivity contribution < 1.29 is 0 Å². The molecule has 2 aromatic rings. The summed E-state index contributed by atoms with van der Waals surface area (Å²) in [5.74, 6) is 0.606. The van der Waals surface area contributed by atoms with Crippen molar-refractivity contribution in [1.29, 1.82) is 0 Å². The highest BCUT2D eigenvalue weighted by Crippen LogP contribution is 2.22. The molecule has 0 bridgehead atoms. The van der Waals surface area contributed by atoms with Crippen LogP contribution in [0.1, 0.15) is 44.4 Å². The monoisotopic (exact) mass is 270 g/mol. The Morgan fingerprint density at radius 2 is 1.85 bits per heavy atom.